The van der Waals surface area contributed by atoms with E-state index in [4.69, 9.17) is 4.74 Å². The number of amides is 1. The number of pyridine rings is 1. The van der Waals surface area contributed by atoms with E-state index >= 15 is 0 Å². The quantitative estimate of drug-likeness (QED) is 0.785. The fourth-order valence-corrected chi connectivity index (χ4v) is 3.97. The second-order valence-electron chi connectivity index (χ2n) is 5.99. The predicted octanol–water partition coefficient (Wildman–Crippen LogP) is 2.93. The van der Waals surface area contributed by atoms with Crippen LogP contribution in [0.25, 0.3) is 10.6 Å². The monoisotopic (exact) mass is 359 g/mol. The molecule has 2 aromatic heterocycles. The van der Waals surface area contributed by atoms with Crippen molar-refractivity contribution in [1.29, 1.82) is 0 Å². The second kappa shape index (κ2) is 7.74. The van der Waals surface area contributed by atoms with Crippen molar-refractivity contribution in [2.75, 3.05) is 19.7 Å². The summed E-state index contributed by atoms with van der Waals surface area (Å²) in [6, 6.07) is 3.77. The highest BCUT2D eigenvalue weighted by Crippen LogP contribution is 2.29. The third kappa shape index (κ3) is 3.87. The molecule has 1 aliphatic heterocycles. The molecule has 2 aromatic rings. The Bertz CT molecular complexity index is 752. The number of carbonyl (C=O) groups excluding carboxylic acids is 2. The molecule has 0 atom stereocenters. The Hall–Kier alpha value is -2.28. The smallest absolute Gasteiger partial charge is 0.309 e. The van der Waals surface area contributed by atoms with Crippen LogP contribution in [0.1, 0.15) is 35.1 Å². The maximum Gasteiger partial charge on any atom is 0.309 e. The number of carbonyl (C=O) groups is 2. The van der Waals surface area contributed by atoms with Gasteiger partial charge in [-0.3, -0.25) is 14.6 Å². The van der Waals surface area contributed by atoms with Crippen LogP contribution >= 0.6 is 11.3 Å². The van der Waals surface area contributed by atoms with Crippen LogP contribution in [0.3, 0.4) is 0 Å². The first-order chi connectivity index (χ1) is 12.1. The molecule has 0 saturated carbocycles. The lowest BCUT2D eigenvalue weighted by Gasteiger charge is -2.30. The molecule has 1 amide bonds. The molecule has 0 aliphatic carbocycles. The van der Waals surface area contributed by atoms with Gasteiger partial charge in [0.25, 0.3) is 5.91 Å². The van der Waals surface area contributed by atoms with Crippen molar-refractivity contribution in [3.8, 4) is 10.6 Å². The molecule has 0 unspecified atom stereocenters. The van der Waals surface area contributed by atoms with Crippen LogP contribution in [0.2, 0.25) is 0 Å². The molecule has 3 rings (SSSR count). The largest absolute Gasteiger partial charge is 0.466 e. The highest BCUT2D eigenvalue weighted by atomic mass is 32.1. The van der Waals surface area contributed by atoms with Gasteiger partial charge in [0.2, 0.25) is 0 Å². The number of hydrogen-bond donors (Lipinski definition) is 0. The molecule has 3 heterocycles. The number of aryl methyl sites for hydroxylation is 1. The third-order valence-corrected chi connectivity index (χ3v) is 5.51. The van der Waals surface area contributed by atoms with Crippen LogP contribution in [0, 0.1) is 12.8 Å². The number of ether oxygens (including phenoxy) is 1. The molecule has 0 aromatic carbocycles. The molecule has 0 spiro atoms. The molecule has 132 valence electrons. The van der Waals surface area contributed by atoms with Crippen LogP contribution in [0.15, 0.2) is 24.5 Å². The average molecular weight is 359 g/mol. The highest BCUT2D eigenvalue weighted by molar-refractivity contribution is 7.17. The van der Waals surface area contributed by atoms with E-state index in [0.29, 0.717) is 37.4 Å². The number of likely N-dealkylation sites (tertiary alicyclic amines) is 1. The van der Waals surface area contributed by atoms with E-state index in [1.807, 2.05) is 30.9 Å². The number of thiazole rings is 1. The van der Waals surface area contributed by atoms with E-state index in [1.54, 1.807) is 12.4 Å². The number of esters is 1. The number of nitrogens with zero attached hydrogens (tertiary/aromatic N) is 3. The topological polar surface area (TPSA) is 72.4 Å². The van der Waals surface area contributed by atoms with Crippen molar-refractivity contribution in [1.82, 2.24) is 14.9 Å². The van der Waals surface area contributed by atoms with Crippen LogP contribution in [0.4, 0.5) is 0 Å². The average Bonchev–Trinajstić information content (AvgIpc) is 3.04. The van der Waals surface area contributed by atoms with E-state index < -0.39 is 0 Å². The zero-order chi connectivity index (χ0) is 17.8. The van der Waals surface area contributed by atoms with Gasteiger partial charge in [0, 0.05) is 31.0 Å². The van der Waals surface area contributed by atoms with Crippen LogP contribution < -0.4 is 0 Å². The van der Waals surface area contributed by atoms with Gasteiger partial charge >= 0.3 is 5.97 Å². The van der Waals surface area contributed by atoms with Gasteiger partial charge < -0.3 is 9.64 Å². The summed E-state index contributed by atoms with van der Waals surface area (Å²) in [5.41, 5.74) is 1.71. The predicted molar refractivity (Wildman–Crippen MR) is 95.3 cm³/mol. The zero-order valence-corrected chi connectivity index (χ0v) is 15.2. The molecule has 7 heteroatoms. The zero-order valence-electron chi connectivity index (χ0n) is 14.4. The fourth-order valence-electron chi connectivity index (χ4n) is 2.93. The number of hydrogen-bond acceptors (Lipinski definition) is 6. The molecule has 0 bridgehead atoms. The molecular weight excluding hydrogens is 338 g/mol. The van der Waals surface area contributed by atoms with E-state index in [0.717, 1.165) is 16.3 Å². The molecule has 0 N–H and O–H groups in total. The van der Waals surface area contributed by atoms with Crippen molar-refractivity contribution >= 4 is 23.2 Å². The SMILES string of the molecule is CCOC(=O)C1CCN(C(=O)c2sc(-c3ccncc3)nc2C)CC1. The maximum atomic E-state index is 12.8. The van der Waals surface area contributed by atoms with Gasteiger partial charge in [-0.25, -0.2) is 4.98 Å². The van der Waals surface area contributed by atoms with Gasteiger partial charge in [0.05, 0.1) is 18.2 Å². The summed E-state index contributed by atoms with van der Waals surface area (Å²) < 4.78 is 5.08. The van der Waals surface area contributed by atoms with E-state index in [2.05, 4.69) is 9.97 Å². The summed E-state index contributed by atoms with van der Waals surface area (Å²) >= 11 is 1.41. The number of aromatic nitrogens is 2. The van der Waals surface area contributed by atoms with Gasteiger partial charge in [0.15, 0.2) is 0 Å². The van der Waals surface area contributed by atoms with Crippen molar-refractivity contribution in [3.05, 3.63) is 35.1 Å². The number of piperidine rings is 1. The Morgan fingerprint density at radius 3 is 2.60 bits per heavy atom. The summed E-state index contributed by atoms with van der Waals surface area (Å²) in [6.45, 7) is 5.22. The summed E-state index contributed by atoms with van der Waals surface area (Å²) in [4.78, 5) is 35.7. The molecule has 25 heavy (non-hydrogen) atoms. The molecular formula is C18H21N3O3S. The summed E-state index contributed by atoms with van der Waals surface area (Å²) in [5.74, 6) is -0.250. The van der Waals surface area contributed by atoms with Gasteiger partial charge in [-0.2, -0.15) is 0 Å². The van der Waals surface area contributed by atoms with E-state index in [9.17, 15) is 9.59 Å². The summed E-state index contributed by atoms with van der Waals surface area (Å²) in [7, 11) is 0. The lowest BCUT2D eigenvalue weighted by Crippen LogP contribution is -2.40. The minimum atomic E-state index is -0.149. The minimum Gasteiger partial charge on any atom is -0.466 e. The molecule has 1 saturated heterocycles. The lowest BCUT2D eigenvalue weighted by molar-refractivity contribution is -0.149. The third-order valence-electron chi connectivity index (χ3n) is 4.32. The standard InChI is InChI=1S/C18H21N3O3S/c1-3-24-18(23)14-6-10-21(11-7-14)17(22)15-12(2)20-16(25-15)13-4-8-19-9-5-13/h4-5,8-9,14H,3,6-7,10-11H2,1-2H3. The Morgan fingerprint density at radius 1 is 1.28 bits per heavy atom. The second-order valence-corrected chi connectivity index (χ2v) is 6.99. The summed E-state index contributed by atoms with van der Waals surface area (Å²) in [5, 5.41) is 0.824. The highest BCUT2D eigenvalue weighted by Gasteiger charge is 2.30. The van der Waals surface area contributed by atoms with Crippen LogP contribution in [0.5, 0.6) is 0 Å². The van der Waals surface area contributed by atoms with Crippen molar-refractivity contribution in [2.45, 2.75) is 26.7 Å². The van der Waals surface area contributed by atoms with Gasteiger partial charge in [-0.15, -0.1) is 11.3 Å². The van der Waals surface area contributed by atoms with Crippen molar-refractivity contribution in [2.24, 2.45) is 5.92 Å². The van der Waals surface area contributed by atoms with Gasteiger partial charge in [-0.05, 0) is 38.8 Å². The molecule has 0 radical (unpaired) electrons. The first-order valence-electron chi connectivity index (χ1n) is 8.44. The molecule has 1 fully saturated rings. The van der Waals surface area contributed by atoms with Crippen molar-refractivity contribution < 1.29 is 14.3 Å². The maximum absolute atomic E-state index is 12.8. The van der Waals surface area contributed by atoms with Crippen molar-refractivity contribution in [3.63, 3.8) is 0 Å². The fraction of sp³-hybridized carbons (Fsp3) is 0.444. The summed E-state index contributed by atoms with van der Waals surface area (Å²) in [6.07, 6.45) is 4.74. The van der Waals surface area contributed by atoms with Crippen LogP contribution in [-0.2, 0) is 9.53 Å². The normalized spacial score (nSPS) is 15.2. The number of rotatable bonds is 4. The lowest BCUT2D eigenvalue weighted by atomic mass is 9.97. The first-order valence-corrected chi connectivity index (χ1v) is 9.25. The Labute approximate surface area is 150 Å². The minimum absolute atomic E-state index is 0.00221. The Morgan fingerprint density at radius 2 is 1.96 bits per heavy atom. The molecule has 1 aliphatic rings. The van der Waals surface area contributed by atoms with Crippen LogP contribution in [-0.4, -0.2) is 46.4 Å². The van der Waals surface area contributed by atoms with E-state index in [1.165, 1.54) is 11.3 Å². The van der Waals surface area contributed by atoms with E-state index in [-0.39, 0.29) is 17.8 Å². The Kier molecular flexibility index (Phi) is 5.43. The molecule has 6 nitrogen and oxygen atoms in total. The van der Waals surface area contributed by atoms with Gasteiger partial charge in [0.1, 0.15) is 9.88 Å². The van der Waals surface area contributed by atoms with Gasteiger partial charge in [-0.1, -0.05) is 0 Å². The Balaban J connectivity index is 1.68. The first kappa shape index (κ1) is 17.5.